The van der Waals surface area contributed by atoms with Crippen LogP contribution in [0.1, 0.15) is 11.1 Å². The van der Waals surface area contributed by atoms with E-state index in [9.17, 15) is 10.1 Å². The summed E-state index contributed by atoms with van der Waals surface area (Å²) in [4.78, 5) is 10.2. The van der Waals surface area contributed by atoms with E-state index in [0.717, 1.165) is 21.9 Å². The predicted octanol–water partition coefficient (Wildman–Crippen LogP) is 3.59. The lowest BCUT2D eigenvalue weighted by atomic mass is 10.1. The molecule has 1 aliphatic heterocycles. The summed E-state index contributed by atoms with van der Waals surface area (Å²) in [5.41, 5.74) is 5.81. The molecular weight excluding hydrogens is 286 g/mol. The molecule has 1 heterocycles. The summed E-state index contributed by atoms with van der Waals surface area (Å²) in [5.74, 6) is 0. The van der Waals surface area contributed by atoms with Crippen LogP contribution in [-0.4, -0.2) is 9.97 Å². The van der Waals surface area contributed by atoms with Gasteiger partial charge in [-0.05, 0) is 12.1 Å². The Kier molecular flexibility index (Phi) is 3.70. The Morgan fingerprint density at radius 2 is 1.71 bits per heavy atom. The van der Waals surface area contributed by atoms with Crippen LogP contribution >= 0.6 is 11.8 Å². The second-order valence-electron chi connectivity index (χ2n) is 4.35. The second kappa shape index (κ2) is 5.80. The van der Waals surface area contributed by atoms with Crippen LogP contribution < -0.4 is 5.43 Å². The van der Waals surface area contributed by atoms with Gasteiger partial charge in [-0.15, -0.1) is 0 Å². The molecule has 0 saturated heterocycles. The van der Waals surface area contributed by atoms with Crippen molar-refractivity contribution in [3.63, 3.8) is 0 Å². The van der Waals surface area contributed by atoms with E-state index in [4.69, 9.17) is 0 Å². The molecule has 3 rings (SSSR count). The first kappa shape index (κ1) is 13.4. The molecule has 2 aromatic rings. The van der Waals surface area contributed by atoms with Gasteiger partial charge in [0.25, 0.3) is 5.69 Å². The van der Waals surface area contributed by atoms with Crippen molar-refractivity contribution < 1.29 is 4.92 Å². The maximum atomic E-state index is 10.6. The van der Waals surface area contributed by atoms with Crippen molar-refractivity contribution in [1.82, 2.24) is 5.43 Å². The predicted molar refractivity (Wildman–Crippen MR) is 84.8 cm³/mol. The monoisotopic (exact) mass is 297 g/mol. The zero-order chi connectivity index (χ0) is 14.7. The van der Waals surface area contributed by atoms with Gasteiger partial charge < -0.3 is 0 Å². The third kappa shape index (κ3) is 2.95. The Morgan fingerprint density at radius 3 is 2.29 bits per heavy atom. The van der Waals surface area contributed by atoms with E-state index in [1.807, 2.05) is 35.7 Å². The van der Waals surface area contributed by atoms with Crippen LogP contribution in [0.2, 0.25) is 0 Å². The van der Waals surface area contributed by atoms with Gasteiger partial charge >= 0.3 is 0 Å². The van der Waals surface area contributed by atoms with Crippen LogP contribution in [0.5, 0.6) is 0 Å². The average molecular weight is 297 g/mol. The van der Waals surface area contributed by atoms with E-state index < -0.39 is 4.92 Å². The van der Waals surface area contributed by atoms with Crippen molar-refractivity contribution in [2.45, 2.75) is 0 Å². The summed E-state index contributed by atoms with van der Waals surface area (Å²) in [6.45, 7) is 0. The van der Waals surface area contributed by atoms with E-state index in [-0.39, 0.29) is 5.69 Å². The van der Waals surface area contributed by atoms with Gasteiger partial charge in [0.15, 0.2) is 0 Å². The Labute approximate surface area is 125 Å². The maximum Gasteiger partial charge on any atom is 0.269 e. The highest BCUT2D eigenvalue weighted by molar-refractivity contribution is 8.17. The van der Waals surface area contributed by atoms with Crippen LogP contribution in [-0.2, 0) is 0 Å². The van der Waals surface area contributed by atoms with Crippen molar-refractivity contribution in [3.05, 3.63) is 81.2 Å². The zero-order valence-electron chi connectivity index (χ0n) is 10.9. The standard InChI is InChI=1S/C15H11N3O2S/c19-18(20)13-8-6-11(7-9-13)14-10-21-15(17-16-14)12-4-2-1-3-5-12/h1-10,16H. The van der Waals surface area contributed by atoms with Crippen molar-refractivity contribution >= 4 is 28.2 Å². The molecule has 0 aromatic heterocycles. The smallest absolute Gasteiger partial charge is 0.269 e. The zero-order valence-corrected chi connectivity index (χ0v) is 11.7. The van der Waals surface area contributed by atoms with Crippen molar-refractivity contribution in [2.75, 3.05) is 0 Å². The minimum atomic E-state index is -0.410. The highest BCUT2D eigenvalue weighted by atomic mass is 32.2. The first-order valence-corrected chi connectivity index (χ1v) is 7.13. The van der Waals surface area contributed by atoms with Crippen LogP contribution in [0.4, 0.5) is 5.69 Å². The molecule has 0 unspecified atom stereocenters. The number of non-ortho nitro benzene ring substituents is 1. The lowest BCUT2D eigenvalue weighted by Crippen LogP contribution is -2.12. The largest absolute Gasteiger partial charge is 0.276 e. The molecule has 104 valence electrons. The van der Waals surface area contributed by atoms with E-state index in [0.29, 0.717) is 0 Å². The Bertz CT molecular complexity index is 724. The molecule has 6 heteroatoms. The minimum absolute atomic E-state index is 0.0799. The Morgan fingerprint density at radius 1 is 1.00 bits per heavy atom. The van der Waals surface area contributed by atoms with Crippen LogP contribution in [0, 0.1) is 10.1 Å². The van der Waals surface area contributed by atoms with Crippen LogP contribution in [0.3, 0.4) is 0 Å². The van der Waals surface area contributed by atoms with Gasteiger partial charge in [-0.2, -0.15) is 5.10 Å². The number of hydrazone groups is 1. The third-order valence-electron chi connectivity index (χ3n) is 2.98. The van der Waals surface area contributed by atoms with Crippen molar-refractivity contribution in [2.24, 2.45) is 5.10 Å². The Balaban J connectivity index is 1.76. The topological polar surface area (TPSA) is 67.5 Å². The highest BCUT2D eigenvalue weighted by Gasteiger charge is 2.12. The van der Waals surface area contributed by atoms with Crippen molar-refractivity contribution in [1.29, 1.82) is 0 Å². The van der Waals surface area contributed by atoms with E-state index in [2.05, 4.69) is 10.5 Å². The summed E-state index contributed by atoms with van der Waals surface area (Å²) < 4.78 is 0. The number of benzene rings is 2. The molecule has 21 heavy (non-hydrogen) atoms. The van der Waals surface area contributed by atoms with E-state index >= 15 is 0 Å². The van der Waals surface area contributed by atoms with Gasteiger partial charge in [-0.3, -0.25) is 15.5 Å². The highest BCUT2D eigenvalue weighted by Crippen LogP contribution is 2.25. The third-order valence-corrected chi connectivity index (χ3v) is 3.88. The average Bonchev–Trinajstić information content (AvgIpc) is 2.56. The summed E-state index contributed by atoms with van der Waals surface area (Å²) in [7, 11) is 0. The molecule has 1 aliphatic rings. The van der Waals surface area contributed by atoms with E-state index in [1.54, 1.807) is 12.1 Å². The molecule has 2 aromatic carbocycles. The summed E-state index contributed by atoms with van der Waals surface area (Å²) in [6, 6.07) is 16.3. The molecule has 0 bridgehead atoms. The van der Waals surface area contributed by atoms with E-state index in [1.165, 1.54) is 23.9 Å². The summed E-state index contributed by atoms with van der Waals surface area (Å²) >= 11 is 1.52. The number of hydrogen-bond donors (Lipinski definition) is 1. The number of nitro groups is 1. The van der Waals surface area contributed by atoms with Crippen molar-refractivity contribution in [3.8, 4) is 0 Å². The van der Waals surface area contributed by atoms with Gasteiger partial charge in [-0.1, -0.05) is 42.1 Å². The first-order chi connectivity index (χ1) is 10.2. The quantitative estimate of drug-likeness (QED) is 0.694. The molecule has 0 spiro atoms. The normalized spacial score (nSPS) is 13.9. The van der Waals surface area contributed by atoms with Gasteiger partial charge in [-0.25, -0.2) is 0 Å². The summed E-state index contributed by atoms with van der Waals surface area (Å²) in [5, 5.41) is 17.8. The number of hydrogen-bond acceptors (Lipinski definition) is 5. The molecule has 0 saturated carbocycles. The van der Waals surface area contributed by atoms with Gasteiger partial charge in [0, 0.05) is 28.7 Å². The summed E-state index contributed by atoms with van der Waals surface area (Å²) in [6.07, 6.45) is 0. The van der Waals surface area contributed by atoms with Gasteiger partial charge in [0.1, 0.15) is 5.04 Å². The fourth-order valence-corrected chi connectivity index (χ4v) is 2.68. The maximum absolute atomic E-state index is 10.6. The molecule has 5 nitrogen and oxygen atoms in total. The Hall–Kier alpha value is -2.60. The molecular formula is C15H11N3O2S. The van der Waals surface area contributed by atoms with Crippen LogP contribution in [0.25, 0.3) is 5.70 Å². The number of rotatable bonds is 3. The fourth-order valence-electron chi connectivity index (χ4n) is 1.89. The van der Waals surface area contributed by atoms with Crippen LogP contribution in [0.15, 0.2) is 65.1 Å². The number of nitrogens with one attached hydrogen (secondary N) is 1. The fraction of sp³-hybridized carbons (Fsp3) is 0. The number of nitro benzene ring substituents is 1. The SMILES string of the molecule is O=[N+]([O-])c1ccc(C2=CSC(c3ccccc3)=NN2)cc1. The minimum Gasteiger partial charge on any atom is -0.276 e. The molecule has 0 atom stereocenters. The molecule has 0 amide bonds. The molecule has 1 N–H and O–H groups in total. The second-order valence-corrected chi connectivity index (χ2v) is 5.21. The number of nitrogens with zero attached hydrogens (tertiary/aromatic N) is 2. The molecule has 0 fully saturated rings. The lowest BCUT2D eigenvalue weighted by Gasteiger charge is -2.14. The number of thioether (sulfide) groups is 1. The van der Waals surface area contributed by atoms with Gasteiger partial charge in [0.2, 0.25) is 0 Å². The molecule has 0 radical (unpaired) electrons. The lowest BCUT2D eigenvalue weighted by molar-refractivity contribution is -0.384. The molecule has 0 aliphatic carbocycles. The first-order valence-electron chi connectivity index (χ1n) is 6.25. The van der Waals surface area contributed by atoms with Gasteiger partial charge in [0.05, 0.1) is 10.6 Å².